The molecule has 3 heterocycles. The molecule has 56 valence electrons. The van der Waals surface area contributed by atoms with Crippen molar-refractivity contribution in [2.75, 3.05) is 6.54 Å². The number of hydrogen-bond donors (Lipinski definition) is 1. The lowest BCUT2D eigenvalue weighted by Crippen LogP contribution is -2.36. The molecule has 11 heavy (non-hydrogen) atoms. The quantitative estimate of drug-likeness (QED) is 0.528. The van der Waals surface area contributed by atoms with Crippen LogP contribution in [0.4, 0.5) is 4.79 Å². The van der Waals surface area contributed by atoms with E-state index >= 15 is 0 Å². The van der Waals surface area contributed by atoms with Gasteiger partial charge < -0.3 is 0 Å². The van der Waals surface area contributed by atoms with Crippen LogP contribution in [0, 0.1) is 0 Å². The maximum atomic E-state index is 11.0. The van der Waals surface area contributed by atoms with Crippen molar-refractivity contribution in [2.45, 2.75) is 0 Å². The molecule has 0 atom stereocenters. The van der Waals surface area contributed by atoms with E-state index in [2.05, 4.69) is 5.32 Å². The first kappa shape index (κ1) is 6.15. The third-order valence-corrected chi connectivity index (χ3v) is 1.69. The topological polar surface area (TPSA) is 49.4 Å². The van der Waals surface area contributed by atoms with Crippen molar-refractivity contribution in [3.8, 4) is 0 Å². The van der Waals surface area contributed by atoms with E-state index in [4.69, 9.17) is 0 Å². The second-order valence-corrected chi connectivity index (χ2v) is 2.39. The Kier molecular flexibility index (Phi) is 1.09. The van der Waals surface area contributed by atoms with Crippen LogP contribution in [-0.2, 0) is 4.79 Å². The van der Waals surface area contributed by atoms with Gasteiger partial charge in [-0.15, -0.1) is 0 Å². The molecule has 4 heteroatoms. The summed E-state index contributed by atoms with van der Waals surface area (Å²) in [6.07, 6.45) is 4.96. The molecular weight excluding hydrogens is 144 g/mol. The number of imide groups is 1. The zero-order valence-electron chi connectivity index (χ0n) is 5.70. The number of carbonyl (C=O) groups is 2. The van der Waals surface area contributed by atoms with Gasteiger partial charge in [0.05, 0.1) is 0 Å². The Labute approximate surface area is 63.2 Å². The van der Waals surface area contributed by atoms with Gasteiger partial charge >= 0.3 is 6.03 Å². The highest BCUT2D eigenvalue weighted by molar-refractivity contribution is 6.07. The lowest BCUT2D eigenvalue weighted by Gasteiger charge is -2.13. The molecule has 3 amide bonds. The maximum absolute atomic E-state index is 11.0. The normalized spacial score (nSPS) is 21.5. The lowest BCUT2D eigenvalue weighted by atomic mass is 10.2. The van der Waals surface area contributed by atoms with E-state index in [0.29, 0.717) is 12.1 Å². The predicted octanol–water partition coefficient (Wildman–Crippen LogP) is -0.00810. The van der Waals surface area contributed by atoms with Crippen LogP contribution in [0.25, 0.3) is 0 Å². The molecule has 0 aromatic heterocycles. The molecule has 0 fully saturated rings. The van der Waals surface area contributed by atoms with Gasteiger partial charge in [0.1, 0.15) is 0 Å². The minimum atomic E-state index is -0.352. The average Bonchev–Trinajstić information content (AvgIpc) is 2.22. The standard InChI is InChI=1S/C7H6N2O2/c10-6-5-1-3-9(4-2-5)7(11)8-6/h1-3H,4H2,(H,8,10,11). The predicted molar refractivity (Wildman–Crippen MR) is 37.5 cm³/mol. The summed E-state index contributed by atoms with van der Waals surface area (Å²) < 4.78 is 0. The molecule has 3 aliphatic heterocycles. The van der Waals surface area contributed by atoms with Crippen LogP contribution in [0.15, 0.2) is 23.9 Å². The number of nitrogens with one attached hydrogen (secondary N) is 1. The summed E-state index contributed by atoms with van der Waals surface area (Å²) in [4.78, 5) is 23.4. The molecule has 3 aliphatic rings. The first-order valence-corrected chi connectivity index (χ1v) is 3.28. The van der Waals surface area contributed by atoms with E-state index in [0.717, 1.165) is 0 Å². The Morgan fingerprint density at radius 3 is 2.91 bits per heavy atom. The molecular formula is C7H6N2O2. The second-order valence-electron chi connectivity index (χ2n) is 2.39. The molecule has 0 saturated heterocycles. The van der Waals surface area contributed by atoms with Crippen molar-refractivity contribution in [1.82, 2.24) is 10.2 Å². The number of rotatable bonds is 0. The number of fused-ring (bicyclic) bond motifs is 3. The van der Waals surface area contributed by atoms with E-state index in [9.17, 15) is 9.59 Å². The van der Waals surface area contributed by atoms with Crippen molar-refractivity contribution in [2.24, 2.45) is 0 Å². The Morgan fingerprint density at radius 2 is 2.27 bits per heavy atom. The molecule has 0 aromatic rings. The first-order valence-electron chi connectivity index (χ1n) is 3.28. The van der Waals surface area contributed by atoms with E-state index in [1.807, 2.05) is 0 Å². The summed E-state index contributed by atoms with van der Waals surface area (Å²) in [5.41, 5.74) is 0.562. The van der Waals surface area contributed by atoms with Gasteiger partial charge in [0.2, 0.25) is 0 Å². The fraction of sp³-hybridized carbons (Fsp3) is 0.143. The molecule has 2 bridgehead atoms. The molecule has 0 saturated carbocycles. The van der Waals surface area contributed by atoms with Gasteiger partial charge in [0, 0.05) is 18.3 Å². The molecule has 0 spiro atoms. The van der Waals surface area contributed by atoms with Crippen LogP contribution in [0.2, 0.25) is 0 Å². The average molecular weight is 150 g/mol. The molecule has 0 aromatic carbocycles. The summed E-state index contributed by atoms with van der Waals surface area (Å²) in [7, 11) is 0. The largest absolute Gasteiger partial charge is 0.328 e. The minimum Gasteiger partial charge on any atom is -0.297 e. The molecule has 4 nitrogen and oxygen atoms in total. The molecule has 0 aliphatic carbocycles. The highest BCUT2D eigenvalue weighted by atomic mass is 16.2. The van der Waals surface area contributed by atoms with Gasteiger partial charge in [-0.25, -0.2) is 4.79 Å². The van der Waals surface area contributed by atoms with Crippen molar-refractivity contribution < 1.29 is 9.59 Å². The third-order valence-electron chi connectivity index (χ3n) is 1.69. The Hall–Kier alpha value is -1.58. The molecule has 1 N–H and O–H groups in total. The van der Waals surface area contributed by atoms with E-state index in [1.54, 1.807) is 18.4 Å². The summed E-state index contributed by atoms with van der Waals surface area (Å²) >= 11 is 0. The Bertz CT molecular complexity index is 291. The van der Waals surface area contributed by atoms with Gasteiger partial charge in [0.25, 0.3) is 5.91 Å². The Morgan fingerprint density at radius 1 is 1.45 bits per heavy atom. The zero-order chi connectivity index (χ0) is 7.84. The summed E-state index contributed by atoms with van der Waals surface area (Å²) in [6.45, 7) is 0.489. The fourth-order valence-corrected chi connectivity index (χ4v) is 1.06. The van der Waals surface area contributed by atoms with Crippen LogP contribution in [0.1, 0.15) is 0 Å². The SMILES string of the molecule is O=C1NC(=O)N2C=CC1=CC2. The second kappa shape index (κ2) is 1.95. The van der Waals surface area contributed by atoms with Crippen molar-refractivity contribution in [3.63, 3.8) is 0 Å². The maximum Gasteiger partial charge on any atom is 0.328 e. The molecule has 3 rings (SSSR count). The highest BCUT2D eigenvalue weighted by Crippen LogP contribution is 2.11. The summed E-state index contributed by atoms with van der Waals surface area (Å²) in [5.74, 6) is -0.314. The van der Waals surface area contributed by atoms with Crippen molar-refractivity contribution in [1.29, 1.82) is 0 Å². The van der Waals surface area contributed by atoms with E-state index in [1.165, 1.54) is 4.90 Å². The smallest absolute Gasteiger partial charge is 0.297 e. The van der Waals surface area contributed by atoms with Crippen LogP contribution >= 0.6 is 0 Å². The fourth-order valence-electron chi connectivity index (χ4n) is 1.06. The van der Waals surface area contributed by atoms with Crippen LogP contribution in [0.5, 0.6) is 0 Å². The van der Waals surface area contributed by atoms with Crippen molar-refractivity contribution in [3.05, 3.63) is 23.9 Å². The number of amides is 3. The van der Waals surface area contributed by atoms with E-state index in [-0.39, 0.29) is 11.9 Å². The third kappa shape index (κ3) is 0.832. The lowest BCUT2D eigenvalue weighted by molar-refractivity contribution is -0.116. The molecule has 0 unspecified atom stereocenters. The number of nitrogens with zero attached hydrogens (tertiary/aromatic N) is 1. The minimum absolute atomic E-state index is 0.314. The van der Waals surface area contributed by atoms with Gasteiger partial charge in [-0.3, -0.25) is 15.0 Å². The summed E-state index contributed by atoms with van der Waals surface area (Å²) in [5, 5.41) is 2.22. The highest BCUT2D eigenvalue weighted by Gasteiger charge is 2.23. The van der Waals surface area contributed by atoms with Crippen LogP contribution < -0.4 is 5.32 Å². The monoisotopic (exact) mass is 150 g/mol. The number of carbonyl (C=O) groups excluding carboxylic acids is 2. The van der Waals surface area contributed by atoms with Crippen LogP contribution in [-0.4, -0.2) is 23.4 Å². The Balaban J connectivity index is 2.44. The molecule has 0 radical (unpaired) electrons. The van der Waals surface area contributed by atoms with Gasteiger partial charge in [-0.1, -0.05) is 6.08 Å². The summed E-state index contributed by atoms with van der Waals surface area (Å²) in [6, 6.07) is -0.352. The number of urea groups is 1. The first-order chi connectivity index (χ1) is 5.27. The van der Waals surface area contributed by atoms with Gasteiger partial charge in [-0.2, -0.15) is 0 Å². The number of hydrogen-bond acceptors (Lipinski definition) is 2. The van der Waals surface area contributed by atoms with Gasteiger partial charge in [0.15, 0.2) is 0 Å². The van der Waals surface area contributed by atoms with E-state index < -0.39 is 0 Å². The van der Waals surface area contributed by atoms with Crippen LogP contribution in [0.3, 0.4) is 0 Å². The van der Waals surface area contributed by atoms with Crippen molar-refractivity contribution >= 4 is 11.9 Å². The van der Waals surface area contributed by atoms with Gasteiger partial charge in [-0.05, 0) is 6.08 Å². The zero-order valence-corrected chi connectivity index (χ0v) is 5.70.